The lowest BCUT2D eigenvalue weighted by molar-refractivity contribution is 0.414. The molecule has 0 aliphatic heterocycles. The summed E-state index contributed by atoms with van der Waals surface area (Å²) in [5.74, 6) is 0.581. The van der Waals surface area contributed by atoms with Gasteiger partial charge < -0.3 is 4.74 Å². The van der Waals surface area contributed by atoms with Crippen LogP contribution in [0.25, 0.3) is 0 Å². The Labute approximate surface area is 143 Å². The maximum atomic E-state index is 12.2. The van der Waals surface area contributed by atoms with Crippen LogP contribution in [0, 0.1) is 0 Å². The number of methoxy groups -OCH3 is 1. The van der Waals surface area contributed by atoms with Gasteiger partial charge in [0.1, 0.15) is 11.4 Å². The Kier molecular flexibility index (Phi) is 5.42. The largest absolute Gasteiger partial charge is 0.497 e. The SMILES string of the molecule is CCn1cc(Br)c(/C(C)=N\NS(=O)(=O)c2ccc(OC)cc2)n1. The summed E-state index contributed by atoms with van der Waals surface area (Å²) in [6.07, 6.45) is 1.81. The van der Waals surface area contributed by atoms with E-state index in [0.29, 0.717) is 23.7 Å². The predicted molar refractivity (Wildman–Crippen MR) is 91.1 cm³/mol. The normalized spacial score (nSPS) is 12.3. The van der Waals surface area contributed by atoms with E-state index in [0.717, 1.165) is 4.47 Å². The number of nitrogens with zero attached hydrogens (tertiary/aromatic N) is 3. The minimum Gasteiger partial charge on any atom is -0.497 e. The minimum absolute atomic E-state index is 0.105. The smallest absolute Gasteiger partial charge is 0.276 e. The number of hydrazone groups is 1. The third-order valence-corrected chi connectivity index (χ3v) is 4.89. The van der Waals surface area contributed by atoms with Gasteiger partial charge in [0.2, 0.25) is 0 Å². The highest BCUT2D eigenvalue weighted by Crippen LogP contribution is 2.17. The Morgan fingerprint density at radius 1 is 1.39 bits per heavy atom. The summed E-state index contributed by atoms with van der Waals surface area (Å²) in [6.45, 7) is 4.36. The van der Waals surface area contributed by atoms with E-state index in [9.17, 15) is 8.42 Å². The molecule has 2 rings (SSSR count). The van der Waals surface area contributed by atoms with Gasteiger partial charge in [-0.05, 0) is 54.0 Å². The van der Waals surface area contributed by atoms with Gasteiger partial charge >= 0.3 is 0 Å². The number of hydrogen-bond acceptors (Lipinski definition) is 5. The second kappa shape index (κ2) is 7.14. The molecule has 7 nitrogen and oxygen atoms in total. The van der Waals surface area contributed by atoms with Crippen LogP contribution < -0.4 is 9.57 Å². The first-order valence-corrected chi connectivity index (χ1v) is 9.08. The van der Waals surface area contributed by atoms with Crippen LogP contribution in [0.2, 0.25) is 0 Å². The molecular formula is C14H17BrN4O3S. The van der Waals surface area contributed by atoms with E-state index in [2.05, 4.69) is 31.0 Å². The molecule has 0 fully saturated rings. The maximum Gasteiger partial charge on any atom is 0.276 e. The second-order valence-corrected chi connectivity index (χ2v) is 7.16. The molecule has 0 amide bonds. The zero-order valence-electron chi connectivity index (χ0n) is 12.9. The van der Waals surface area contributed by atoms with Gasteiger partial charge in [-0.15, -0.1) is 0 Å². The lowest BCUT2D eigenvalue weighted by Crippen LogP contribution is -2.20. The zero-order chi connectivity index (χ0) is 17.0. The average molecular weight is 401 g/mol. The Morgan fingerprint density at radius 2 is 2.04 bits per heavy atom. The van der Waals surface area contributed by atoms with Gasteiger partial charge in [0.25, 0.3) is 10.0 Å². The van der Waals surface area contributed by atoms with Crippen molar-refractivity contribution in [2.45, 2.75) is 25.3 Å². The summed E-state index contributed by atoms with van der Waals surface area (Å²) < 4.78 is 31.9. The highest BCUT2D eigenvalue weighted by atomic mass is 79.9. The molecule has 1 aromatic carbocycles. The van der Waals surface area contributed by atoms with Gasteiger partial charge in [-0.3, -0.25) is 4.68 Å². The Bertz CT molecular complexity index is 813. The van der Waals surface area contributed by atoms with E-state index in [1.54, 1.807) is 23.7 Å². The molecule has 0 radical (unpaired) electrons. The maximum absolute atomic E-state index is 12.2. The molecule has 0 spiro atoms. The van der Waals surface area contributed by atoms with Gasteiger partial charge in [0.05, 0.1) is 22.2 Å². The molecule has 124 valence electrons. The van der Waals surface area contributed by atoms with Gasteiger partial charge in [-0.1, -0.05) is 0 Å². The van der Waals surface area contributed by atoms with Crippen LogP contribution in [0.4, 0.5) is 0 Å². The average Bonchev–Trinajstić information content (AvgIpc) is 2.94. The van der Waals surface area contributed by atoms with E-state index >= 15 is 0 Å². The molecule has 0 aliphatic rings. The van der Waals surface area contributed by atoms with Crippen LogP contribution in [0.1, 0.15) is 19.5 Å². The number of aryl methyl sites for hydroxylation is 1. The van der Waals surface area contributed by atoms with Crippen molar-refractivity contribution in [1.29, 1.82) is 0 Å². The minimum atomic E-state index is -3.74. The lowest BCUT2D eigenvalue weighted by Gasteiger charge is -2.05. The standard InChI is InChI=1S/C14H17BrN4O3S/c1-4-19-9-13(15)14(17-19)10(2)16-18-23(20,21)12-7-5-11(22-3)6-8-12/h5-9,18H,4H2,1-3H3/b16-10-. The van der Waals surface area contributed by atoms with Crippen LogP contribution in [0.15, 0.2) is 44.9 Å². The molecular weight excluding hydrogens is 384 g/mol. The van der Waals surface area contributed by atoms with Crippen molar-refractivity contribution in [3.05, 3.63) is 40.6 Å². The van der Waals surface area contributed by atoms with E-state index in [1.807, 2.05) is 13.1 Å². The number of sulfonamides is 1. The summed E-state index contributed by atoms with van der Waals surface area (Å²) in [6, 6.07) is 6.05. The number of nitrogens with one attached hydrogen (secondary N) is 1. The summed E-state index contributed by atoms with van der Waals surface area (Å²) in [5, 5.41) is 8.25. The van der Waals surface area contributed by atoms with Crippen LogP contribution in [-0.2, 0) is 16.6 Å². The molecule has 9 heteroatoms. The highest BCUT2D eigenvalue weighted by molar-refractivity contribution is 9.10. The van der Waals surface area contributed by atoms with Crippen molar-refractivity contribution in [2.24, 2.45) is 5.10 Å². The van der Waals surface area contributed by atoms with Crippen LogP contribution in [0.5, 0.6) is 5.75 Å². The summed E-state index contributed by atoms with van der Waals surface area (Å²) in [4.78, 5) is 2.32. The van der Waals surface area contributed by atoms with Crippen LogP contribution in [0.3, 0.4) is 0 Å². The molecule has 0 atom stereocenters. The Hall–Kier alpha value is -1.87. The van der Waals surface area contributed by atoms with E-state index in [4.69, 9.17) is 4.74 Å². The molecule has 23 heavy (non-hydrogen) atoms. The third-order valence-electron chi connectivity index (χ3n) is 3.09. The first kappa shape index (κ1) is 17.5. The van der Waals surface area contributed by atoms with Crippen molar-refractivity contribution in [3.63, 3.8) is 0 Å². The molecule has 2 aromatic rings. The van der Waals surface area contributed by atoms with Gasteiger partial charge in [0.15, 0.2) is 0 Å². The fourth-order valence-corrected chi connectivity index (χ4v) is 3.25. The van der Waals surface area contributed by atoms with E-state index < -0.39 is 10.0 Å². The fourth-order valence-electron chi connectivity index (χ4n) is 1.79. The van der Waals surface area contributed by atoms with Crippen molar-refractivity contribution in [1.82, 2.24) is 14.6 Å². The predicted octanol–water partition coefficient (Wildman–Crippen LogP) is 2.38. The van der Waals surface area contributed by atoms with Crippen LogP contribution >= 0.6 is 15.9 Å². The number of hydrogen-bond donors (Lipinski definition) is 1. The molecule has 0 unspecified atom stereocenters. The number of halogens is 1. The highest BCUT2D eigenvalue weighted by Gasteiger charge is 2.14. The summed E-state index contributed by atoms with van der Waals surface area (Å²) >= 11 is 3.38. The van der Waals surface area contributed by atoms with Crippen molar-refractivity contribution in [3.8, 4) is 5.75 Å². The molecule has 0 bridgehead atoms. The number of benzene rings is 1. The Morgan fingerprint density at radius 3 is 2.57 bits per heavy atom. The number of rotatable bonds is 6. The first-order chi connectivity index (χ1) is 10.9. The molecule has 0 saturated carbocycles. The molecule has 1 aromatic heterocycles. The van der Waals surface area contributed by atoms with E-state index in [1.165, 1.54) is 19.2 Å². The van der Waals surface area contributed by atoms with Gasteiger partial charge in [-0.2, -0.15) is 23.4 Å². The molecule has 1 heterocycles. The number of ether oxygens (including phenoxy) is 1. The molecule has 1 N–H and O–H groups in total. The first-order valence-electron chi connectivity index (χ1n) is 6.81. The van der Waals surface area contributed by atoms with Gasteiger partial charge in [0, 0.05) is 12.7 Å². The van der Waals surface area contributed by atoms with Gasteiger partial charge in [-0.25, -0.2) is 0 Å². The van der Waals surface area contributed by atoms with Crippen molar-refractivity contribution >= 4 is 31.7 Å². The zero-order valence-corrected chi connectivity index (χ0v) is 15.3. The van der Waals surface area contributed by atoms with E-state index in [-0.39, 0.29) is 4.90 Å². The van der Waals surface area contributed by atoms with Crippen molar-refractivity contribution < 1.29 is 13.2 Å². The quantitative estimate of drug-likeness (QED) is 0.595. The second-order valence-electron chi connectivity index (χ2n) is 4.65. The Balaban J connectivity index is 2.20. The third kappa shape index (κ3) is 4.11. The monoisotopic (exact) mass is 400 g/mol. The summed E-state index contributed by atoms with van der Waals surface area (Å²) in [7, 11) is -2.23. The lowest BCUT2D eigenvalue weighted by atomic mass is 10.3. The summed E-state index contributed by atoms with van der Waals surface area (Å²) in [5.41, 5.74) is 1.05. The molecule has 0 aliphatic carbocycles. The van der Waals surface area contributed by atoms with Crippen molar-refractivity contribution in [2.75, 3.05) is 7.11 Å². The fraction of sp³-hybridized carbons (Fsp3) is 0.286. The molecule has 0 saturated heterocycles. The van der Waals surface area contributed by atoms with Crippen LogP contribution in [-0.4, -0.2) is 31.0 Å². The number of aromatic nitrogens is 2. The topological polar surface area (TPSA) is 85.6 Å².